The largest absolute Gasteiger partial charge is 0.381 e. The molecule has 80 valence electrons. The van der Waals surface area contributed by atoms with E-state index < -0.39 is 0 Å². The lowest BCUT2D eigenvalue weighted by Crippen LogP contribution is -2.28. The second-order valence-electron chi connectivity index (χ2n) is 4.93. The molecule has 2 nitrogen and oxygen atoms in total. The summed E-state index contributed by atoms with van der Waals surface area (Å²) in [5, 5.41) is 0. The molecule has 1 heterocycles. The third-order valence-corrected chi connectivity index (χ3v) is 3.67. The Kier molecular flexibility index (Phi) is 3.22. The molecule has 2 rings (SSSR count). The average molecular weight is 196 g/mol. The Hall–Kier alpha value is -0.370. The van der Waals surface area contributed by atoms with Crippen LogP contribution in [0.25, 0.3) is 0 Å². The van der Waals surface area contributed by atoms with Crippen molar-refractivity contribution in [2.24, 2.45) is 17.8 Å². The summed E-state index contributed by atoms with van der Waals surface area (Å²) in [6.07, 6.45) is 5.76. The highest BCUT2D eigenvalue weighted by molar-refractivity contribution is 5.83. The Morgan fingerprint density at radius 3 is 2.71 bits per heavy atom. The maximum Gasteiger partial charge on any atom is 0.141 e. The van der Waals surface area contributed by atoms with Gasteiger partial charge in [0.1, 0.15) is 5.78 Å². The molecule has 3 atom stereocenters. The maximum absolute atomic E-state index is 12.1. The van der Waals surface area contributed by atoms with E-state index in [4.69, 9.17) is 4.74 Å². The van der Waals surface area contributed by atoms with Crippen LogP contribution < -0.4 is 0 Å². The molecule has 2 aliphatic rings. The number of carbonyl (C=O) groups excluding carboxylic acids is 1. The molecule has 1 aliphatic carbocycles. The predicted octanol–water partition coefficient (Wildman–Crippen LogP) is 2.42. The number of hydrogen-bond acceptors (Lipinski definition) is 2. The molecule has 3 unspecified atom stereocenters. The Bertz CT molecular complexity index is 206. The lowest BCUT2D eigenvalue weighted by atomic mass is 9.77. The van der Waals surface area contributed by atoms with Crippen molar-refractivity contribution in [1.82, 2.24) is 0 Å². The van der Waals surface area contributed by atoms with Gasteiger partial charge in [-0.3, -0.25) is 4.79 Å². The SMILES string of the molecule is CC1CCCC(C(=O)C2CCOC2)C1. The van der Waals surface area contributed by atoms with Crippen LogP contribution >= 0.6 is 0 Å². The van der Waals surface area contributed by atoms with Crippen molar-refractivity contribution in [3.05, 3.63) is 0 Å². The van der Waals surface area contributed by atoms with E-state index in [2.05, 4.69) is 6.92 Å². The Labute approximate surface area is 86.0 Å². The highest BCUT2D eigenvalue weighted by Gasteiger charge is 2.32. The molecule has 14 heavy (non-hydrogen) atoms. The fourth-order valence-electron chi connectivity index (χ4n) is 2.78. The van der Waals surface area contributed by atoms with Crippen molar-refractivity contribution in [2.45, 2.75) is 39.0 Å². The van der Waals surface area contributed by atoms with Crippen LogP contribution in [0.1, 0.15) is 39.0 Å². The summed E-state index contributed by atoms with van der Waals surface area (Å²) in [6.45, 7) is 3.74. The first-order valence-electron chi connectivity index (χ1n) is 5.89. The average Bonchev–Trinajstić information content (AvgIpc) is 2.69. The molecule has 0 amide bonds. The summed E-state index contributed by atoms with van der Waals surface area (Å²) in [5.41, 5.74) is 0. The van der Waals surface area contributed by atoms with Crippen molar-refractivity contribution in [2.75, 3.05) is 13.2 Å². The number of carbonyl (C=O) groups is 1. The van der Waals surface area contributed by atoms with Crippen molar-refractivity contribution in [3.63, 3.8) is 0 Å². The molecule has 2 heteroatoms. The molecular formula is C12H20O2. The molecule has 1 saturated carbocycles. The van der Waals surface area contributed by atoms with Crippen LogP contribution in [0.15, 0.2) is 0 Å². The minimum absolute atomic E-state index is 0.227. The van der Waals surface area contributed by atoms with E-state index in [-0.39, 0.29) is 5.92 Å². The van der Waals surface area contributed by atoms with Crippen LogP contribution in [0.5, 0.6) is 0 Å². The highest BCUT2D eigenvalue weighted by Crippen LogP contribution is 2.32. The summed E-state index contributed by atoms with van der Waals surface area (Å²) in [6, 6.07) is 0. The quantitative estimate of drug-likeness (QED) is 0.678. The summed E-state index contributed by atoms with van der Waals surface area (Å²) in [7, 11) is 0. The molecule has 0 N–H and O–H groups in total. The van der Waals surface area contributed by atoms with Crippen molar-refractivity contribution in [1.29, 1.82) is 0 Å². The van der Waals surface area contributed by atoms with Gasteiger partial charge in [-0.05, 0) is 25.2 Å². The van der Waals surface area contributed by atoms with Gasteiger partial charge in [0.15, 0.2) is 0 Å². The summed E-state index contributed by atoms with van der Waals surface area (Å²) >= 11 is 0. The normalized spacial score (nSPS) is 38.5. The number of rotatable bonds is 2. The molecule has 0 aromatic rings. The Morgan fingerprint density at radius 2 is 2.07 bits per heavy atom. The zero-order valence-corrected chi connectivity index (χ0v) is 9.00. The lowest BCUT2D eigenvalue weighted by Gasteiger charge is -2.27. The molecule has 0 bridgehead atoms. The summed E-state index contributed by atoms with van der Waals surface area (Å²) < 4.78 is 5.28. The van der Waals surface area contributed by atoms with Crippen LogP contribution in [0, 0.1) is 17.8 Å². The third kappa shape index (κ3) is 2.17. The van der Waals surface area contributed by atoms with Crippen molar-refractivity contribution >= 4 is 5.78 Å². The smallest absolute Gasteiger partial charge is 0.141 e. The van der Waals surface area contributed by atoms with Crippen LogP contribution in [0.2, 0.25) is 0 Å². The molecule has 0 spiro atoms. The molecule has 1 saturated heterocycles. The van der Waals surface area contributed by atoms with E-state index in [1.807, 2.05) is 0 Å². The predicted molar refractivity (Wildman–Crippen MR) is 55.1 cm³/mol. The van der Waals surface area contributed by atoms with Gasteiger partial charge in [0.25, 0.3) is 0 Å². The van der Waals surface area contributed by atoms with Crippen LogP contribution in [0.4, 0.5) is 0 Å². The fraction of sp³-hybridized carbons (Fsp3) is 0.917. The van der Waals surface area contributed by atoms with Gasteiger partial charge >= 0.3 is 0 Å². The molecule has 0 aromatic heterocycles. The van der Waals surface area contributed by atoms with E-state index in [0.717, 1.165) is 31.8 Å². The van der Waals surface area contributed by atoms with E-state index in [1.165, 1.54) is 12.8 Å². The summed E-state index contributed by atoms with van der Waals surface area (Å²) in [4.78, 5) is 12.1. The first-order valence-corrected chi connectivity index (χ1v) is 5.89. The molecular weight excluding hydrogens is 176 g/mol. The third-order valence-electron chi connectivity index (χ3n) is 3.67. The Morgan fingerprint density at radius 1 is 1.21 bits per heavy atom. The molecule has 2 fully saturated rings. The van der Waals surface area contributed by atoms with E-state index in [1.54, 1.807) is 0 Å². The van der Waals surface area contributed by atoms with Crippen LogP contribution in [0.3, 0.4) is 0 Å². The lowest BCUT2D eigenvalue weighted by molar-refractivity contribution is -0.128. The minimum Gasteiger partial charge on any atom is -0.381 e. The standard InChI is InChI=1S/C12H20O2/c1-9-3-2-4-10(7-9)12(13)11-5-6-14-8-11/h9-11H,2-8H2,1H3. The molecule has 0 aromatic carbocycles. The van der Waals surface area contributed by atoms with Gasteiger partial charge in [0, 0.05) is 18.4 Å². The van der Waals surface area contributed by atoms with Crippen LogP contribution in [-0.2, 0) is 9.53 Å². The number of ether oxygens (including phenoxy) is 1. The highest BCUT2D eigenvalue weighted by atomic mass is 16.5. The minimum atomic E-state index is 0.227. The molecule has 1 aliphatic heterocycles. The number of hydrogen-bond donors (Lipinski definition) is 0. The topological polar surface area (TPSA) is 26.3 Å². The first kappa shape index (κ1) is 10.2. The number of ketones is 1. The van der Waals surface area contributed by atoms with Crippen LogP contribution in [-0.4, -0.2) is 19.0 Å². The van der Waals surface area contributed by atoms with E-state index in [0.29, 0.717) is 18.3 Å². The molecule has 0 radical (unpaired) electrons. The van der Waals surface area contributed by atoms with Gasteiger partial charge in [-0.2, -0.15) is 0 Å². The van der Waals surface area contributed by atoms with Gasteiger partial charge in [-0.15, -0.1) is 0 Å². The number of Topliss-reactive ketones (excluding diaryl/α,β-unsaturated/α-hetero) is 1. The second-order valence-corrected chi connectivity index (χ2v) is 4.93. The monoisotopic (exact) mass is 196 g/mol. The van der Waals surface area contributed by atoms with Gasteiger partial charge in [0.2, 0.25) is 0 Å². The van der Waals surface area contributed by atoms with Crippen molar-refractivity contribution in [3.8, 4) is 0 Å². The van der Waals surface area contributed by atoms with Crippen molar-refractivity contribution < 1.29 is 9.53 Å². The zero-order chi connectivity index (χ0) is 9.97. The van der Waals surface area contributed by atoms with Gasteiger partial charge in [-0.25, -0.2) is 0 Å². The van der Waals surface area contributed by atoms with Gasteiger partial charge in [0.05, 0.1) is 6.61 Å². The van der Waals surface area contributed by atoms with Gasteiger partial charge < -0.3 is 4.74 Å². The maximum atomic E-state index is 12.1. The van der Waals surface area contributed by atoms with E-state index in [9.17, 15) is 4.79 Å². The zero-order valence-electron chi connectivity index (χ0n) is 9.00. The first-order chi connectivity index (χ1) is 6.77. The second kappa shape index (κ2) is 4.43. The van der Waals surface area contributed by atoms with E-state index >= 15 is 0 Å². The fourth-order valence-corrected chi connectivity index (χ4v) is 2.78. The van der Waals surface area contributed by atoms with Gasteiger partial charge in [-0.1, -0.05) is 19.8 Å². The summed E-state index contributed by atoms with van der Waals surface area (Å²) in [5.74, 6) is 1.82. The Balaban J connectivity index is 1.89.